The predicted molar refractivity (Wildman–Crippen MR) is 64.0 cm³/mol. The number of nitrogen functional groups attached to an aromatic ring is 1. The molecule has 0 saturated heterocycles. The Morgan fingerprint density at radius 3 is 2.76 bits per heavy atom. The Labute approximate surface area is 98.0 Å². The molecular weight excluding hydrogens is 219 g/mol. The van der Waals surface area contributed by atoms with Gasteiger partial charge >= 0.3 is 0 Å². The summed E-state index contributed by atoms with van der Waals surface area (Å²) >= 11 is 0. The van der Waals surface area contributed by atoms with Crippen molar-refractivity contribution in [3.05, 3.63) is 29.3 Å². The number of nitrogens with zero attached hydrogens (tertiary/aromatic N) is 2. The van der Waals surface area contributed by atoms with E-state index in [1.54, 1.807) is 13.0 Å². The third kappa shape index (κ3) is 1.63. The summed E-state index contributed by atoms with van der Waals surface area (Å²) in [4.78, 5) is 8.84. The second-order valence-corrected chi connectivity index (χ2v) is 4.42. The van der Waals surface area contributed by atoms with Crippen molar-refractivity contribution in [1.82, 2.24) is 9.97 Å². The lowest BCUT2D eigenvalue weighted by Gasteiger charge is -2.09. The van der Waals surface area contributed by atoms with Gasteiger partial charge in [0.1, 0.15) is 11.6 Å². The molecular formula is C12H13FN4. The Morgan fingerprint density at radius 2 is 2.12 bits per heavy atom. The molecule has 3 N–H and O–H groups in total. The van der Waals surface area contributed by atoms with Crippen LogP contribution < -0.4 is 11.3 Å². The molecule has 88 valence electrons. The van der Waals surface area contributed by atoms with Crippen molar-refractivity contribution < 1.29 is 4.39 Å². The van der Waals surface area contributed by atoms with Crippen LogP contribution in [0.5, 0.6) is 0 Å². The minimum Gasteiger partial charge on any atom is -0.308 e. The first-order chi connectivity index (χ1) is 8.20. The van der Waals surface area contributed by atoms with Crippen LogP contribution in [-0.2, 0) is 0 Å². The van der Waals surface area contributed by atoms with Crippen LogP contribution in [0.4, 0.5) is 10.2 Å². The summed E-state index contributed by atoms with van der Waals surface area (Å²) in [7, 11) is 0. The average Bonchev–Trinajstić information content (AvgIpc) is 3.17. The molecule has 0 unspecified atom stereocenters. The smallest absolute Gasteiger partial charge is 0.151 e. The first-order valence-electron chi connectivity index (χ1n) is 5.64. The number of anilines is 1. The Kier molecular flexibility index (Phi) is 2.22. The molecule has 5 heteroatoms. The number of hydrogen-bond acceptors (Lipinski definition) is 4. The Morgan fingerprint density at radius 1 is 1.35 bits per heavy atom. The van der Waals surface area contributed by atoms with Crippen molar-refractivity contribution in [2.45, 2.75) is 25.7 Å². The zero-order valence-electron chi connectivity index (χ0n) is 9.50. The molecule has 0 atom stereocenters. The first-order valence-corrected chi connectivity index (χ1v) is 5.64. The molecule has 0 amide bonds. The fourth-order valence-corrected chi connectivity index (χ4v) is 1.96. The van der Waals surface area contributed by atoms with Gasteiger partial charge in [-0.25, -0.2) is 20.2 Å². The van der Waals surface area contributed by atoms with Gasteiger partial charge in [0.2, 0.25) is 0 Å². The third-order valence-corrected chi connectivity index (χ3v) is 3.15. The number of hydrogen-bond donors (Lipinski definition) is 2. The average molecular weight is 232 g/mol. The first kappa shape index (κ1) is 10.4. The highest BCUT2D eigenvalue weighted by atomic mass is 19.1. The van der Waals surface area contributed by atoms with Gasteiger partial charge in [0.15, 0.2) is 5.82 Å². The van der Waals surface area contributed by atoms with Crippen LogP contribution in [0.2, 0.25) is 0 Å². The molecule has 3 rings (SSSR count). The molecule has 0 bridgehead atoms. The summed E-state index contributed by atoms with van der Waals surface area (Å²) in [5.74, 6) is 6.95. The van der Waals surface area contributed by atoms with Crippen LogP contribution in [0.3, 0.4) is 0 Å². The molecule has 1 aliphatic rings. The maximum absolute atomic E-state index is 13.5. The lowest BCUT2D eigenvalue weighted by molar-refractivity contribution is 0.620. The summed E-state index contributed by atoms with van der Waals surface area (Å²) in [5.41, 5.74) is 3.76. The quantitative estimate of drug-likeness (QED) is 0.615. The van der Waals surface area contributed by atoms with E-state index in [4.69, 9.17) is 5.84 Å². The van der Waals surface area contributed by atoms with Gasteiger partial charge in [-0.05, 0) is 31.9 Å². The molecule has 1 fully saturated rings. The Balaban J connectivity index is 2.32. The van der Waals surface area contributed by atoms with Gasteiger partial charge in [0.25, 0.3) is 0 Å². The van der Waals surface area contributed by atoms with Crippen molar-refractivity contribution in [2.75, 3.05) is 5.43 Å². The summed E-state index contributed by atoms with van der Waals surface area (Å²) in [6.07, 6.45) is 2.20. The van der Waals surface area contributed by atoms with Crippen LogP contribution in [-0.4, -0.2) is 9.97 Å². The molecule has 2 aromatic rings. The number of hydrazine groups is 1. The monoisotopic (exact) mass is 232 g/mol. The highest BCUT2D eigenvalue weighted by molar-refractivity contribution is 5.91. The second kappa shape index (κ2) is 3.63. The van der Waals surface area contributed by atoms with Crippen molar-refractivity contribution in [1.29, 1.82) is 0 Å². The number of aryl methyl sites for hydroxylation is 1. The maximum atomic E-state index is 13.5. The van der Waals surface area contributed by atoms with E-state index in [9.17, 15) is 4.39 Å². The standard InChI is InChI=1S/C12H13FN4/c1-6-9(13)5-4-8-10(6)15-11(7-2-3-7)16-12(8)17-14/h4-5,7H,2-3,14H2,1H3,(H,15,16,17). The van der Waals surface area contributed by atoms with E-state index >= 15 is 0 Å². The van der Waals surface area contributed by atoms with Gasteiger partial charge in [-0.15, -0.1) is 0 Å². The van der Waals surface area contributed by atoms with Crippen molar-refractivity contribution >= 4 is 16.7 Å². The molecule has 0 radical (unpaired) electrons. The number of rotatable bonds is 2. The van der Waals surface area contributed by atoms with Crippen LogP contribution in [0.25, 0.3) is 10.9 Å². The van der Waals surface area contributed by atoms with E-state index in [0.717, 1.165) is 24.1 Å². The summed E-state index contributed by atoms with van der Waals surface area (Å²) in [6.45, 7) is 1.72. The topological polar surface area (TPSA) is 63.8 Å². The number of benzene rings is 1. The molecule has 17 heavy (non-hydrogen) atoms. The van der Waals surface area contributed by atoms with Gasteiger partial charge in [-0.2, -0.15) is 0 Å². The third-order valence-electron chi connectivity index (χ3n) is 3.15. The molecule has 1 aromatic heterocycles. The molecule has 1 saturated carbocycles. The van der Waals surface area contributed by atoms with E-state index < -0.39 is 0 Å². The lowest BCUT2D eigenvalue weighted by atomic mass is 10.1. The number of aromatic nitrogens is 2. The minimum atomic E-state index is -0.249. The molecule has 4 nitrogen and oxygen atoms in total. The highest BCUT2D eigenvalue weighted by Crippen LogP contribution is 2.39. The summed E-state index contributed by atoms with van der Waals surface area (Å²) in [6, 6.07) is 3.07. The highest BCUT2D eigenvalue weighted by Gasteiger charge is 2.27. The van der Waals surface area contributed by atoms with E-state index in [-0.39, 0.29) is 5.82 Å². The number of fused-ring (bicyclic) bond motifs is 1. The fourth-order valence-electron chi connectivity index (χ4n) is 1.96. The van der Waals surface area contributed by atoms with E-state index in [1.165, 1.54) is 6.07 Å². The maximum Gasteiger partial charge on any atom is 0.151 e. The second-order valence-electron chi connectivity index (χ2n) is 4.42. The van der Waals surface area contributed by atoms with Crippen LogP contribution in [0.1, 0.15) is 30.1 Å². The summed E-state index contributed by atoms with van der Waals surface area (Å²) in [5, 5.41) is 0.760. The lowest BCUT2D eigenvalue weighted by Crippen LogP contribution is -2.11. The largest absolute Gasteiger partial charge is 0.308 e. The predicted octanol–water partition coefficient (Wildman–Crippen LogP) is 2.24. The molecule has 0 spiro atoms. The van der Waals surface area contributed by atoms with Gasteiger partial charge in [-0.1, -0.05) is 0 Å². The molecule has 0 aliphatic heterocycles. The van der Waals surface area contributed by atoms with Gasteiger partial charge < -0.3 is 5.43 Å². The number of nitrogens with one attached hydrogen (secondary N) is 1. The summed E-state index contributed by atoms with van der Waals surface area (Å²) < 4.78 is 13.5. The van der Waals surface area contributed by atoms with E-state index in [1.807, 2.05) is 0 Å². The van der Waals surface area contributed by atoms with E-state index in [2.05, 4.69) is 15.4 Å². The normalized spacial score (nSPS) is 15.2. The Bertz CT molecular complexity index is 593. The molecule has 1 heterocycles. The molecule has 1 aliphatic carbocycles. The fraction of sp³-hybridized carbons (Fsp3) is 0.333. The zero-order valence-corrected chi connectivity index (χ0v) is 9.50. The Hall–Kier alpha value is -1.75. The number of nitrogens with two attached hydrogens (primary N) is 1. The molecule has 1 aromatic carbocycles. The number of halogens is 1. The zero-order chi connectivity index (χ0) is 12.0. The van der Waals surface area contributed by atoms with E-state index in [0.29, 0.717) is 22.8 Å². The van der Waals surface area contributed by atoms with Gasteiger partial charge in [0, 0.05) is 16.9 Å². The van der Waals surface area contributed by atoms with Crippen molar-refractivity contribution in [3.63, 3.8) is 0 Å². The van der Waals surface area contributed by atoms with Crippen molar-refractivity contribution in [2.24, 2.45) is 5.84 Å². The van der Waals surface area contributed by atoms with Crippen LogP contribution in [0, 0.1) is 12.7 Å². The SMILES string of the molecule is Cc1c(F)ccc2c(NN)nc(C3CC3)nc12. The van der Waals surface area contributed by atoms with Crippen molar-refractivity contribution in [3.8, 4) is 0 Å². The minimum absolute atomic E-state index is 0.249. The van der Waals surface area contributed by atoms with Gasteiger partial charge in [0.05, 0.1) is 5.52 Å². The van der Waals surface area contributed by atoms with Gasteiger partial charge in [-0.3, -0.25) is 0 Å². The van der Waals surface area contributed by atoms with Crippen LogP contribution in [0.15, 0.2) is 12.1 Å². The van der Waals surface area contributed by atoms with Crippen LogP contribution >= 0.6 is 0 Å².